The van der Waals surface area contributed by atoms with Crippen LogP contribution >= 0.6 is 0 Å². The average molecular weight is 297 g/mol. The molecule has 2 heterocycles. The van der Waals surface area contributed by atoms with E-state index in [1.54, 1.807) is 17.3 Å². The molecule has 1 aromatic heterocycles. The molecule has 0 radical (unpaired) electrons. The number of hydrogen-bond donors (Lipinski definition) is 1. The SMILES string of the molecule is O=C(c1cnc(-c2ccccc2)nc1)N1CCCC(CO)C1. The summed E-state index contributed by atoms with van der Waals surface area (Å²) in [5, 5.41) is 9.26. The third-order valence-corrected chi connectivity index (χ3v) is 4.00. The van der Waals surface area contributed by atoms with Gasteiger partial charge in [-0.15, -0.1) is 0 Å². The Hall–Kier alpha value is -2.27. The Morgan fingerprint density at radius 1 is 1.23 bits per heavy atom. The molecule has 1 N–H and O–H groups in total. The van der Waals surface area contributed by atoms with Gasteiger partial charge in [-0.1, -0.05) is 30.3 Å². The van der Waals surface area contributed by atoms with Crippen LogP contribution in [0.15, 0.2) is 42.7 Å². The lowest BCUT2D eigenvalue weighted by Gasteiger charge is -2.31. The Balaban J connectivity index is 1.74. The molecule has 1 aliphatic rings. The van der Waals surface area contributed by atoms with Crippen LogP contribution in [0.4, 0.5) is 0 Å². The van der Waals surface area contributed by atoms with Gasteiger partial charge in [0.15, 0.2) is 5.82 Å². The van der Waals surface area contributed by atoms with Gasteiger partial charge in [-0.2, -0.15) is 0 Å². The second-order valence-electron chi connectivity index (χ2n) is 5.60. The lowest BCUT2D eigenvalue weighted by molar-refractivity contribution is 0.0620. The molecule has 3 rings (SSSR count). The zero-order valence-corrected chi connectivity index (χ0v) is 12.4. The maximum Gasteiger partial charge on any atom is 0.257 e. The molecule has 1 unspecified atom stereocenters. The van der Waals surface area contributed by atoms with Crippen molar-refractivity contribution >= 4 is 5.91 Å². The number of benzene rings is 1. The van der Waals surface area contributed by atoms with E-state index in [9.17, 15) is 9.90 Å². The molecule has 1 aliphatic heterocycles. The van der Waals surface area contributed by atoms with Gasteiger partial charge in [0.2, 0.25) is 0 Å². The van der Waals surface area contributed by atoms with Gasteiger partial charge < -0.3 is 10.0 Å². The van der Waals surface area contributed by atoms with E-state index in [-0.39, 0.29) is 18.4 Å². The molecule has 0 saturated carbocycles. The number of hydrogen-bond acceptors (Lipinski definition) is 4. The van der Waals surface area contributed by atoms with Gasteiger partial charge in [-0.3, -0.25) is 4.79 Å². The first-order valence-corrected chi connectivity index (χ1v) is 7.55. The first-order chi connectivity index (χ1) is 10.8. The van der Waals surface area contributed by atoms with Gasteiger partial charge in [-0.25, -0.2) is 9.97 Å². The average Bonchev–Trinajstić information content (AvgIpc) is 2.62. The van der Waals surface area contributed by atoms with E-state index < -0.39 is 0 Å². The molecule has 0 spiro atoms. The number of aliphatic hydroxyl groups is 1. The minimum absolute atomic E-state index is 0.0576. The number of rotatable bonds is 3. The molecular weight excluding hydrogens is 278 g/mol. The van der Waals surface area contributed by atoms with Crippen molar-refractivity contribution < 1.29 is 9.90 Å². The highest BCUT2D eigenvalue weighted by atomic mass is 16.3. The molecular formula is C17H19N3O2. The molecule has 1 aromatic carbocycles. The normalized spacial score (nSPS) is 18.2. The summed E-state index contributed by atoms with van der Waals surface area (Å²) in [6.45, 7) is 1.47. The summed E-state index contributed by atoms with van der Waals surface area (Å²) in [5.74, 6) is 0.740. The molecule has 114 valence electrons. The van der Waals surface area contributed by atoms with Crippen LogP contribution < -0.4 is 0 Å². The second kappa shape index (κ2) is 6.66. The van der Waals surface area contributed by atoms with Crippen LogP contribution in [0, 0.1) is 5.92 Å². The molecule has 5 nitrogen and oxygen atoms in total. The maximum absolute atomic E-state index is 12.5. The molecule has 1 fully saturated rings. The van der Waals surface area contributed by atoms with Gasteiger partial charge in [0, 0.05) is 37.7 Å². The zero-order chi connectivity index (χ0) is 15.4. The third kappa shape index (κ3) is 3.14. The van der Waals surface area contributed by atoms with Crippen molar-refractivity contribution in [2.75, 3.05) is 19.7 Å². The predicted molar refractivity (Wildman–Crippen MR) is 83.2 cm³/mol. The second-order valence-corrected chi connectivity index (χ2v) is 5.60. The highest BCUT2D eigenvalue weighted by Gasteiger charge is 2.24. The Labute approximate surface area is 129 Å². The number of nitrogens with zero attached hydrogens (tertiary/aromatic N) is 3. The van der Waals surface area contributed by atoms with E-state index in [1.165, 1.54) is 0 Å². The Morgan fingerprint density at radius 2 is 1.95 bits per heavy atom. The fourth-order valence-electron chi connectivity index (χ4n) is 2.76. The van der Waals surface area contributed by atoms with Crippen molar-refractivity contribution in [1.82, 2.24) is 14.9 Å². The van der Waals surface area contributed by atoms with Crippen molar-refractivity contribution in [2.45, 2.75) is 12.8 Å². The number of aromatic nitrogens is 2. The van der Waals surface area contributed by atoms with Crippen molar-refractivity contribution in [3.05, 3.63) is 48.3 Å². The Bertz CT molecular complexity index is 628. The molecule has 0 aliphatic carbocycles. The molecule has 22 heavy (non-hydrogen) atoms. The van der Waals surface area contributed by atoms with Gasteiger partial charge in [-0.05, 0) is 18.8 Å². The van der Waals surface area contributed by atoms with Crippen LogP contribution in [0.3, 0.4) is 0 Å². The van der Waals surface area contributed by atoms with Crippen molar-refractivity contribution in [3.63, 3.8) is 0 Å². The highest BCUT2D eigenvalue weighted by molar-refractivity contribution is 5.93. The minimum Gasteiger partial charge on any atom is -0.396 e. The number of amides is 1. The van der Waals surface area contributed by atoms with E-state index in [0.717, 1.165) is 24.9 Å². The Kier molecular flexibility index (Phi) is 4.44. The number of carbonyl (C=O) groups excluding carboxylic acids is 1. The molecule has 1 amide bonds. The van der Waals surface area contributed by atoms with E-state index >= 15 is 0 Å². The minimum atomic E-state index is -0.0576. The predicted octanol–water partition coefficient (Wildman–Crippen LogP) is 1.99. The zero-order valence-electron chi connectivity index (χ0n) is 12.4. The fraction of sp³-hybridized carbons (Fsp3) is 0.353. The van der Waals surface area contributed by atoms with E-state index in [4.69, 9.17) is 0 Å². The van der Waals surface area contributed by atoms with Gasteiger partial charge in [0.25, 0.3) is 5.91 Å². The summed E-state index contributed by atoms with van der Waals surface area (Å²) in [6, 6.07) is 9.68. The van der Waals surface area contributed by atoms with Crippen molar-refractivity contribution in [3.8, 4) is 11.4 Å². The first kappa shape index (κ1) is 14.7. The number of carbonyl (C=O) groups is 1. The number of likely N-dealkylation sites (tertiary alicyclic amines) is 1. The first-order valence-electron chi connectivity index (χ1n) is 7.55. The van der Waals surface area contributed by atoms with Crippen LogP contribution in [-0.4, -0.2) is 45.6 Å². The molecule has 5 heteroatoms. The molecule has 1 atom stereocenters. The summed E-state index contributed by atoms with van der Waals surface area (Å²) in [6.07, 6.45) is 5.07. The lowest BCUT2D eigenvalue weighted by atomic mass is 9.98. The van der Waals surface area contributed by atoms with Gasteiger partial charge in [0.1, 0.15) is 0 Å². The van der Waals surface area contributed by atoms with Crippen LogP contribution in [0.2, 0.25) is 0 Å². The quantitative estimate of drug-likeness (QED) is 0.941. The molecule has 0 bridgehead atoms. The third-order valence-electron chi connectivity index (χ3n) is 4.00. The van der Waals surface area contributed by atoms with E-state index in [1.807, 2.05) is 30.3 Å². The summed E-state index contributed by atoms with van der Waals surface area (Å²) in [4.78, 5) is 22.8. The van der Waals surface area contributed by atoms with Crippen LogP contribution in [0.1, 0.15) is 23.2 Å². The van der Waals surface area contributed by atoms with Crippen LogP contribution in [-0.2, 0) is 0 Å². The number of aliphatic hydroxyl groups excluding tert-OH is 1. The fourth-order valence-corrected chi connectivity index (χ4v) is 2.76. The van der Waals surface area contributed by atoms with Gasteiger partial charge >= 0.3 is 0 Å². The van der Waals surface area contributed by atoms with E-state index in [0.29, 0.717) is 17.9 Å². The van der Waals surface area contributed by atoms with Crippen molar-refractivity contribution in [2.24, 2.45) is 5.92 Å². The van der Waals surface area contributed by atoms with Gasteiger partial charge in [0.05, 0.1) is 5.56 Å². The summed E-state index contributed by atoms with van der Waals surface area (Å²) in [5.41, 5.74) is 1.43. The monoisotopic (exact) mass is 297 g/mol. The topological polar surface area (TPSA) is 66.3 Å². The van der Waals surface area contributed by atoms with Crippen molar-refractivity contribution in [1.29, 1.82) is 0 Å². The van der Waals surface area contributed by atoms with Crippen LogP contribution in [0.25, 0.3) is 11.4 Å². The summed E-state index contributed by atoms with van der Waals surface area (Å²) < 4.78 is 0. The summed E-state index contributed by atoms with van der Waals surface area (Å²) >= 11 is 0. The smallest absolute Gasteiger partial charge is 0.257 e. The molecule has 1 saturated heterocycles. The van der Waals surface area contributed by atoms with E-state index in [2.05, 4.69) is 9.97 Å². The standard InChI is InChI=1S/C17H19N3O2/c21-12-13-5-4-8-20(11-13)17(22)15-9-18-16(19-10-15)14-6-2-1-3-7-14/h1-3,6-7,9-10,13,21H,4-5,8,11-12H2. The lowest BCUT2D eigenvalue weighted by Crippen LogP contribution is -2.41. The molecule has 2 aromatic rings. The summed E-state index contributed by atoms with van der Waals surface area (Å²) in [7, 11) is 0. The maximum atomic E-state index is 12.5. The highest BCUT2D eigenvalue weighted by Crippen LogP contribution is 2.19. The Morgan fingerprint density at radius 3 is 2.64 bits per heavy atom. The van der Waals surface area contributed by atoms with Crippen LogP contribution in [0.5, 0.6) is 0 Å². The largest absolute Gasteiger partial charge is 0.396 e. The number of piperidine rings is 1.